The fourth-order valence-electron chi connectivity index (χ4n) is 1.95. The lowest BCUT2D eigenvalue weighted by Crippen LogP contribution is -2.42. The molecular weight excluding hydrogens is 206 g/mol. The molecule has 4 heteroatoms. The lowest BCUT2D eigenvalue weighted by Gasteiger charge is -2.26. The van der Waals surface area contributed by atoms with Crippen LogP contribution >= 0.6 is 11.3 Å². The number of nitrogens with one attached hydrogen (secondary N) is 1. The Morgan fingerprint density at radius 3 is 2.87 bits per heavy atom. The normalized spacial score (nSPS) is 18.2. The summed E-state index contributed by atoms with van der Waals surface area (Å²) in [5, 5.41) is 2.36. The van der Waals surface area contributed by atoms with Gasteiger partial charge in [0.25, 0.3) is 0 Å². The lowest BCUT2D eigenvalue weighted by molar-refractivity contribution is 0.156. The summed E-state index contributed by atoms with van der Waals surface area (Å²) in [6.07, 6.45) is 5.18. The average Bonchev–Trinajstić information content (AvgIpc) is 2.66. The molecule has 84 valence electrons. The molecule has 2 rings (SSSR count). The summed E-state index contributed by atoms with van der Waals surface area (Å²) in [6, 6.07) is 0. The molecule has 1 N–H and O–H groups in total. The molecule has 1 saturated heterocycles. The Morgan fingerprint density at radius 1 is 1.40 bits per heavy atom. The largest absolute Gasteiger partial charge is 0.255 e. The number of nitrogens with zero attached hydrogens (tertiary/aromatic N) is 2. The van der Waals surface area contributed by atoms with Crippen LogP contribution in [0.25, 0.3) is 0 Å². The van der Waals surface area contributed by atoms with E-state index in [1.165, 1.54) is 42.9 Å². The summed E-state index contributed by atoms with van der Waals surface area (Å²) in [7, 11) is 0. The second-order valence-electron chi connectivity index (χ2n) is 4.07. The van der Waals surface area contributed by atoms with Crippen molar-refractivity contribution in [2.45, 2.75) is 32.6 Å². The molecule has 0 spiro atoms. The Morgan fingerprint density at radius 2 is 2.20 bits per heavy atom. The van der Waals surface area contributed by atoms with Gasteiger partial charge < -0.3 is 0 Å². The molecule has 1 aromatic rings. The van der Waals surface area contributed by atoms with Crippen LogP contribution in [0.15, 0.2) is 5.51 Å². The molecule has 3 nitrogen and oxygen atoms in total. The van der Waals surface area contributed by atoms with Crippen molar-refractivity contribution < 1.29 is 0 Å². The van der Waals surface area contributed by atoms with Crippen LogP contribution in [0.1, 0.15) is 29.8 Å². The van der Waals surface area contributed by atoms with Gasteiger partial charge in [-0.05, 0) is 26.2 Å². The predicted molar refractivity (Wildman–Crippen MR) is 64.0 cm³/mol. The van der Waals surface area contributed by atoms with Crippen molar-refractivity contribution in [3.8, 4) is 0 Å². The number of hydrogen-bond donors (Lipinski definition) is 1. The van der Waals surface area contributed by atoms with Crippen LogP contribution in [0, 0.1) is 6.92 Å². The molecule has 0 aliphatic carbocycles. The van der Waals surface area contributed by atoms with E-state index in [4.69, 9.17) is 0 Å². The molecule has 0 radical (unpaired) electrons. The van der Waals surface area contributed by atoms with Crippen LogP contribution in [-0.4, -0.2) is 29.6 Å². The van der Waals surface area contributed by atoms with E-state index in [0.29, 0.717) is 0 Å². The summed E-state index contributed by atoms with van der Waals surface area (Å²) in [4.78, 5) is 5.68. The minimum absolute atomic E-state index is 1.04. The van der Waals surface area contributed by atoms with E-state index < -0.39 is 0 Å². The molecule has 1 aromatic heterocycles. The summed E-state index contributed by atoms with van der Waals surface area (Å²) >= 11 is 1.77. The zero-order valence-electron chi connectivity index (χ0n) is 9.33. The highest BCUT2D eigenvalue weighted by atomic mass is 32.1. The monoisotopic (exact) mass is 225 g/mol. The van der Waals surface area contributed by atoms with E-state index in [2.05, 4.69) is 22.3 Å². The van der Waals surface area contributed by atoms with E-state index in [0.717, 1.165) is 13.0 Å². The summed E-state index contributed by atoms with van der Waals surface area (Å²) in [5.74, 6) is 0. The van der Waals surface area contributed by atoms with Gasteiger partial charge in [-0.15, -0.1) is 11.3 Å². The average molecular weight is 225 g/mol. The number of aromatic nitrogens is 1. The molecule has 0 aromatic carbocycles. The first-order chi connectivity index (χ1) is 7.36. The van der Waals surface area contributed by atoms with E-state index in [1.807, 2.05) is 5.51 Å². The molecule has 2 heterocycles. The Bertz CT molecular complexity index is 292. The van der Waals surface area contributed by atoms with Crippen molar-refractivity contribution in [1.82, 2.24) is 15.4 Å². The van der Waals surface area contributed by atoms with E-state index >= 15 is 0 Å². The van der Waals surface area contributed by atoms with Crippen LogP contribution in [0.5, 0.6) is 0 Å². The first kappa shape index (κ1) is 11.0. The number of thiazole rings is 1. The molecule has 1 fully saturated rings. The van der Waals surface area contributed by atoms with E-state index in [-0.39, 0.29) is 0 Å². The molecule has 1 aliphatic rings. The Hall–Kier alpha value is -0.450. The first-order valence-corrected chi connectivity index (χ1v) is 6.61. The molecular formula is C11H19N3S. The van der Waals surface area contributed by atoms with Crippen molar-refractivity contribution in [2.75, 3.05) is 19.6 Å². The van der Waals surface area contributed by atoms with Gasteiger partial charge in [-0.3, -0.25) is 5.43 Å². The van der Waals surface area contributed by atoms with Gasteiger partial charge in [0.1, 0.15) is 0 Å². The Balaban J connectivity index is 1.68. The molecule has 15 heavy (non-hydrogen) atoms. The maximum Gasteiger partial charge on any atom is 0.0797 e. The van der Waals surface area contributed by atoms with Crippen molar-refractivity contribution in [3.05, 3.63) is 16.1 Å². The lowest BCUT2D eigenvalue weighted by atomic mass is 10.2. The van der Waals surface area contributed by atoms with Gasteiger partial charge in [0, 0.05) is 24.5 Å². The molecule has 0 atom stereocenters. The highest BCUT2D eigenvalue weighted by Crippen LogP contribution is 2.12. The highest BCUT2D eigenvalue weighted by molar-refractivity contribution is 7.09. The van der Waals surface area contributed by atoms with Crippen LogP contribution in [0.2, 0.25) is 0 Å². The van der Waals surface area contributed by atoms with Crippen LogP contribution in [0.3, 0.4) is 0 Å². The fraction of sp³-hybridized carbons (Fsp3) is 0.727. The van der Waals surface area contributed by atoms with Crippen LogP contribution in [-0.2, 0) is 6.42 Å². The number of aryl methyl sites for hydroxylation is 1. The summed E-state index contributed by atoms with van der Waals surface area (Å²) < 4.78 is 0. The maximum absolute atomic E-state index is 4.26. The molecule has 0 bridgehead atoms. The smallest absolute Gasteiger partial charge is 0.0797 e. The molecule has 1 aliphatic heterocycles. The van der Waals surface area contributed by atoms with Gasteiger partial charge in [0.15, 0.2) is 0 Å². The summed E-state index contributed by atoms with van der Waals surface area (Å²) in [5.41, 5.74) is 6.63. The zero-order chi connectivity index (χ0) is 10.5. The van der Waals surface area contributed by atoms with Gasteiger partial charge in [-0.1, -0.05) is 6.42 Å². The van der Waals surface area contributed by atoms with Crippen LogP contribution in [0.4, 0.5) is 0 Å². The van der Waals surface area contributed by atoms with Gasteiger partial charge in [0.05, 0.1) is 11.2 Å². The maximum atomic E-state index is 4.26. The van der Waals surface area contributed by atoms with Crippen molar-refractivity contribution in [3.63, 3.8) is 0 Å². The second-order valence-corrected chi connectivity index (χ2v) is 5.01. The SMILES string of the molecule is Cc1ncsc1CCNN1CCCCC1. The number of piperidine rings is 1. The predicted octanol–water partition coefficient (Wildman–Crippen LogP) is 1.98. The van der Waals surface area contributed by atoms with Gasteiger partial charge in [-0.2, -0.15) is 0 Å². The molecule has 0 saturated carbocycles. The third-order valence-corrected chi connectivity index (χ3v) is 3.88. The van der Waals surface area contributed by atoms with Gasteiger partial charge in [-0.25, -0.2) is 9.99 Å². The molecule has 0 amide bonds. The third kappa shape index (κ3) is 3.26. The second kappa shape index (κ2) is 5.58. The summed E-state index contributed by atoms with van der Waals surface area (Å²) in [6.45, 7) is 5.55. The molecule has 0 unspecified atom stereocenters. The van der Waals surface area contributed by atoms with Crippen LogP contribution < -0.4 is 5.43 Å². The van der Waals surface area contributed by atoms with Gasteiger partial charge in [0.2, 0.25) is 0 Å². The third-order valence-electron chi connectivity index (χ3n) is 2.89. The van der Waals surface area contributed by atoms with Crippen molar-refractivity contribution in [1.29, 1.82) is 0 Å². The standard InChI is InChI=1S/C11H19N3S/c1-10-11(15-9-12-10)5-6-13-14-7-3-2-4-8-14/h9,13H,2-8H2,1H3. The van der Waals surface area contributed by atoms with E-state index in [9.17, 15) is 0 Å². The van der Waals surface area contributed by atoms with E-state index in [1.54, 1.807) is 11.3 Å². The zero-order valence-corrected chi connectivity index (χ0v) is 10.1. The minimum atomic E-state index is 1.04. The topological polar surface area (TPSA) is 28.2 Å². The minimum Gasteiger partial charge on any atom is -0.255 e. The first-order valence-electron chi connectivity index (χ1n) is 5.73. The number of rotatable bonds is 4. The highest BCUT2D eigenvalue weighted by Gasteiger charge is 2.09. The van der Waals surface area contributed by atoms with Crippen molar-refractivity contribution >= 4 is 11.3 Å². The fourth-order valence-corrected chi connectivity index (χ4v) is 2.73. The Labute approximate surface area is 95.5 Å². The number of hydrogen-bond acceptors (Lipinski definition) is 4. The Kier molecular flexibility index (Phi) is 4.11. The number of hydrazine groups is 1. The van der Waals surface area contributed by atoms with Gasteiger partial charge >= 0.3 is 0 Å². The van der Waals surface area contributed by atoms with Crippen molar-refractivity contribution in [2.24, 2.45) is 0 Å². The quantitative estimate of drug-likeness (QED) is 0.849.